The Kier molecular flexibility index (Phi) is 3.82. The molecule has 0 aliphatic carbocycles. The van der Waals surface area contributed by atoms with E-state index in [1.165, 1.54) is 0 Å². The first-order chi connectivity index (χ1) is 7.69. The highest BCUT2D eigenvalue weighted by Crippen LogP contribution is 2.45. The number of hydrogen-bond donors (Lipinski definition) is 1. The molecular weight excluding hydrogens is 288 g/mol. The van der Waals surface area contributed by atoms with Crippen LogP contribution in [0.1, 0.15) is 30.6 Å². The van der Waals surface area contributed by atoms with E-state index in [-0.39, 0.29) is 5.25 Å². The van der Waals surface area contributed by atoms with Crippen LogP contribution in [0.5, 0.6) is 5.75 Å². The van der Waals surface area contributed by atoms with E-state index in [0.29, 0.717) is 0 Å². The fourth-order valence-corrected chi connectivity index (χ4v) is 3.92. The van der Waals surface area contributed by atoms with Gasteiger partial charge in [0.2, 0.25) is 0 Å². The summed E-state index contributed by atoms with van der Waals surface area (Å²) in [6, 6.07) is 3.89. The zero-order valence-corrected chi connectivity index (χ0v) is 11.8. The van der Waals surface area contributed by atoms with Crippen LogP contribution in [0.25, 0.3) is 0 Å². The predicted octanol–water partition coefficient (Wildman–Crippen LogP) is 3.52. The molecule has 4 heteroatoms. The number of aliphatic hydroxyl groups excluding tert-OH is 1. The zero-order valence-electron chi connectivity index (χ0n) is 9.37. The molecule has 1 N–H and O–H groups in total. The monoisotopic (exact) mass is 302 g/mol. The molecule has 1 heterocycles. The maximum absolute atomic E-state index is 10.3. The second-order valence-corrected chi connectivity index (χ2v) is 5.93. The lowest BCUT2D eigenvalue weighted by atomic mass is 9.98. The van der Waals surface area contributed by atoms with Gasteiger partial charge in [0, 0.05) is 26.6 Å². The lowest BCUT2D eigenvalue weighted by Crippen LogP contribution is -2.21. The summed E-state index contributed by atoms with van der Waals surface area (Å²) >= 11 is 5.32. The Hall–Kier alpha value is -0.190. The number of benzene rings is 1. The molecule has 1 aromatic rings. The molecule has 88 valence electrons. The van der Waals surface area contributed by atoms with E-state index in [2.05, 4.69) is 22.9 Å². The van der Waals surface area contributed by atoms with Crippen LogP contribution in [0.15, 0.2) is 16.6 Å². The Bertz CT molecular complexity index is 395. The van der Waals surface area contributed by atoms with Gasteiger partial charge in [-0.3, -0.25) is 0 Å². The van der Waals surface area contributed by atoms with E-state index < -0.39 is 6.10 Å². The lowest BCUT2D eigenvalue weighted by molar-refractivity contribution is 0.169. The summed E-state index contributed by atoms with van der Waals surface area (Å²) in [7, 11) is 1.67. The Morgan fingerprint density at radius 3 is 2.94 bits per heavy atom. The van der Waals surface area contributed by atoms with Crippen LogP contribution in [0.3, 0.4) is 0 Å². The maximum atomic E-state index is 10.3. The highest BCUT2D eigenvalue weighted by molar-refractivity contribution is 9.10. The van der Waals surface area contributed by atoms with Crippen molar-refractivity contribution in [2.45, 2.75) is 30.5 Å². The number of thioether (sulfide) groups is 1. The van der Waals surface area contributed by atoms with Gasteiger partial charge in [-0.15, -0.1) is 0 Å². The third-order valence-electron chi connectivity index (χ3n) is 2.97. The van der Waals surface area contributed by atoms with E-state index in [9.17, 15) is 5.11 Å². The minimum Gasteiger partial charge on any atom is -0.496 e. The largest absolute Gasteiger partial charge is 0.496 e. The zero-order chi connectivity index (χ0) is 11.7. The molecule has 0 spiro atoms. The normalized spacial score (nSPS) is 24.0. The first-order valence-electron chi connectivity index (χ1n) is 5.34. The summed E-state index contributed by atoms with van der Waals surface area (Å²) in [5.74, 6) is 1.78. The Balaban J connectivity index is 2.50. The highest BCUT2D eigenvalue weighted by atomic mass is 79.9. The van der Waals surface area contributed by atoms with Crippen molar-refractivity contribution < 1.29 is 9.84 Å². The summed E-state index contributed by atoms with van der Waals surface area (Å²) in [5, 5.41) is 10.6. The quantitative estimate of drug-likeness (QED) is 0.906. The van der Waals surface area contributed by atoms with Crippen LogP contribution in [-0.2, 0) is 5.75 Å². The molecule has 0 aromatic heterocycles. The van der Waals surface area contributed by atoms with Gasteiger partial charge in [-0.2, -0.15) is 11.8 Å². The summed E-state index contributed by atoms with van der Waals surface area (Å²) in [6.45, 7) is 2.11. The first-order valence-corrected chi connectivity index (χ1v) is 7.18. The Morgan fingerprint density at radius 2 is 2.31 bits per heavy atom. The van der Waals surface area contributed by atoms with Crippen LogP contribution in [-0.4, -0.2) is 17.5 Å². The van der Waals surface area contributed by atoms with Gasteiger partial charge in [-0.25, -0.2) is 0 Å². The second kappa shape index (κ2) is 4.98. The van der Waals surface area contributed by atoms with Gasteiger partial charge in [0.15, 0.2) is 0 Å². The molecule has 0 bridgehead atoms. The van der Waals surface area contributed by atoms with Crippen LogP contribution in [0.4, 0.5) is 0 Å². The summed E-state index contributed by atoms with van der Waals surface area (Å²) < 4.78 is 6.32. The highest BCUT2D eigenvalue weighted by Gasteiger charge is 2.30. The fraction of sp³-hybridized carbons (Fsp3) is 0.500. The van der Waals surface area contributed by atoms with Crippen molar-refractivity contribution in [3.05, 3.63) is 27.7 Å². The smallest absolute Gasteiger partial charge is 0.123 e. The van der Waals surface area contributed by atoms with Crippen molar-refractivity contribution in [1.29, 1.82) is 0 Å². The SMILES string of the molecule is CCC1SCc2c(OC)ccc(Br)c2C1O. The first kappa shape index (κ1) is 12.3. The lowest BCUT2D eigenvalue weighted by Gasteiger charge is -2.30. The van der Waals surface area contributed by atoms with E-state index in [0.717, 1.165) is 33.5 Å². The number of aliphatic hydroxyl groups is 1. The molecule has 2 rings (SSSR count). The Morgan fingerprint density at radius 1 is 1.56 bits per heavy atom. The molecule has 1 aromatic carbocycles. The van der Waals surface area contributed by atoms with Crippen molar-refractivity contribution in [3.8, 4) is 5.75 Å². The molecule has 0 radical (unpaired) electrons. The third-order valence-corrected chi connectivity index (χ3v) is 5.14. The topological polar surface area (TPSA) is 29.5 Å². The molecule has 1 aliphatic heterocycles. The molecule has 2 atom stereocenters. The van der Waals surface area contributed by atoms with Crippen molar-refractivity contribution >= 4 is 27.7 Å². The fourth-order valence-electron chi connectivity index (χ4n) is 2.08. The maximum Gasteiger partial charge on any atom is 0.123 e. The number of methoxy groups -OCH3 is 1. The van der Waals surface area contributed by atoms with E-state index in [1.54, 1.807) is 18.9 Å². The van der Waals surface area contributed by atoms with Crippen molar-refractivity contribution in [2.75, 3.05) is 7.11 Å². The summed E-state index contributed by atoms with van der Waals surface area (Å²) in [4.78, 5) is 0. The number of rotatable bonds is 2. The number of hydrogen-bond acceptors (Lipinski definition) is 3. The van der Waals surface area contributed by atoms with Gasteiger partial charge in [-0.1, -0.05) is 22.9 Å². The van der Waals surface area contributed by atoms with E-state index >= 15 is 0 Å². The molecule has 16 heavy (non-hydrogen) atoms. The number of halogens is 1. The van der Waals surface area contributed by atoms with Crippen LogP contribution >= 0.6 is 27.7 Å². The standard InChI is InChI=1S/C12H15BrO2S/c1-3-10-12(14)11-7(6-16-10)9(15-2)5-4-8(11)13/h4-5,10,12,14H,3,6H2,1-2H3. The molecular formula is C12H15BrO2S. The average molecular weight is 303 g/mol. The van der Waals surface area contributed by atoms with Crippen LogP contribution < -0.4 is 4.74 Å². The van der Waals surface area contributed by atoms with Crippen LogP contribution in [0.2, 0.25) is 0 Å². The molecule has 2 nitrogen and oxygen atoms in total. The van der Waals surface area contributed by atoms with Crippen molar-refractivity contribution in [2.24, 2.45) is 0 Å². The molecule has 2 unspecified atom stereocenters. The molecule has 0 amide bonds. The minimum atomic E-state index is -0.400. The third kappa shape index (κ3) is 1.98. The summed E-state index contributed by atoms with van der Waals surface area (Å²) in [5.41, 5.74) is 2.13. The van der Waals surface area contributed by atoms with Gasteiger partial charge in [0.05, 0.1) is 13.2 Å². The van der Waals surface area contributed by atoms with E-state index in [4.69, 9.17) is 4.74 Å². The van der Waals surface area contributed by atoms with Gasteiger partial charge < -0.3 is 9.84 Å². The molecule has 0 saturated heterocycles. The minimum absolute atomic E-state index is 0.288. The van der Waals surface area contributed by atoms with E-state index in [1.807, 2.05) is 12.1 Å². The Labute approximate surface area is 109 Å². The predicted molar refractivity (Wildman–Crippen MR) is 71.0 cm³/mol. The van der Waals surface area contributed by atoms with Crippen LogP contribution in [0, 0.1) is 0 Å². The van der Waals surface area contributed by atoms with Gasteiger partial charge in [0.25, 0.3) is 0 Å². The average Bonchev–Trinajstić information content (AvgIpc) is 2.30. The molecule has 1 aliphatic rings. The molecule has 0 fully saturated rings. The second-order valence-electron chi connectivity index (χ2n) is 3.84. The van der Waals surface area contributed by atoms with Gasteiger partial charge >= 0.3 is 0 Å². The summed E-state index contributed by atoms with van der Waals surface area (Å²) in [6.07, 6.45) is 0.581. The van der Waals surface area contributed by atoms with Crippen molar-refractivity contribution in [1.82, 2.24) is 0 Å². The number of ether oxygens (including phenoxy) is 1. The van der Waals surface area contributed by atoms with Crippen molar-refractivity contribution in [3.63, 3.8) is 0 Å². The molecule has 0 saturated carbocycles. The number of fused-ring (bicyclic) bond motifs is 1. The van der Waals surface area contributed by atoms with Gasteiger partial charge in [0.1, 0.15) is 5.75 Å². The van der Waals surface area contributed by atoms with Gasteiger partial charge in [-0.05, 0) is 18.6 Å².